The van der Waals surface area contributed by atoms with Gasteiger partial charge in [0.15, 0.2) is 0 Å². The van der Waals surface area contributed by atoms with E-state index in [-0.39, 0.29) is 18.7 Å². The lowest BCUT2D eigenvalue weighted by molar-refractivity contribution is -0.151. The standard InChI is InChI=1S/C13H23NO5S/c1-10-3-6-13(7-4-10,12(16)17)9-14-11(15)5-8-20(2,18)19/h10H,3-9H2,1-2H3,(H,14,15)(H,16,17). The van der Waals surface area contributed by atoms with Crippen molar-refractivity contribution in [3.05, 3.63) is 0 Å². The van der Waals surface area contributed by atoms with Crippen molar-refractivity contribution < 1.29 is 23.1 Å². The molecule has 0 heterocycles. The molecule has 0 saturated heterocycles. The summed E-state index contributed by atoms with van der Waals surface area (Å²) in [6, 6.07) is 0. The molecular formula is C13H23NO5S. The molecule has 0 spiro atoms. The van der Waals surface area contributed by atoms with Crippen molar-refractivity contribution in [3.8, 4) is 0 Å². The first-order chi connectivity index (χ1) is 9.15. The molecule has 0 aromatic heterocycles. The first-order valence-electron chi connectivity index (χ1n) is 6.82. The van der Waals surface area contributed by atoms with Gasteiger partial charge < -0.3 is 10.4 Å². The van der Waals surface area contributed by atoms with Gasteiger partial charge in [0.2, 0.25) is 5.91 Å². The number of aliphatic carboxylic acids is 1. The van der Waals surface area contributed by atoms with Crippen molar-refractivity contribution in [2.45, 2.75) is 39.0 Å². The zero-order valence-corrected chi connectivity index (χ0v) is 12.8. The van der Waals surface area contributed by atoms with E-state index in [1.54, 1.807) is 0 Å². The molecule has 1 aliphatic carbocycles. The van der Waals surface area contributed by atoms with Crippen molar-refractivity contribution in [1.29, 1.82) is 0 Å². The lowest BCUT2D eigenvalue weighted by atomic mass is 9.71. The van der Waals surface area contributed by atoms with Gasteiger partial charge in [-0.25, -0.2) is 8.42 Å². The van der Waals surface area contributed by atoms with Gasteiger partial charge >= 0.3 is 5.97 Å². The Bertz CT molecular complexity index is 463. The second-order valence-electron chi connectivity index (χ2n) is 5.92. The van der Waals surface area contributed by atoms with Crippen LogP contribution in [0.5, 0.6) is 0 Å². The molecule has 0 atom stereocenters. The maximum Gasteiger partial charge on any atom is 0.311 e. The molecule has 0 aromatic rings. The van der Waals surface area contributed by atoms with E-state index in [1.165, 1.54) is 0 Å². The van der Waals surface area contributed by atoms with E-state index >= 15 is 0 Å². The minimum absolute atomic E-state index is 0.0810. The van der Waals surface area contributed by atoms with Crippen LogP contribution in [-0.4, -0.2) is 44.0 Å². The molecular weight excluding hydrogens is 282 g/mol. The van der Waals surface area contributed by atoms with Gasteiger partial charge in [0.25, 0.3) is 0 Å². The quantitative estimate of drug-likeness (QED) is 0.756. The number of carbonyl (C=O) groups is 2. The van der Waals surface area contributed by atoms with E-state index in [4.69, 9.17) is 0 Å². The maximum atomic E-state index is 11.6. The molecule has 0 bridgehead atoms. The van der Waals surface area contributed by atoms with Gasteiger partial charge in [-0.3, -0.25) is 9.59 Å². The Balaban J connectivity index is 2.52. The zero-order chi connectivity index (χ0) is 15.4. The average Bonchev–Trinajstić information content (AvgIpc) is 2.35. The summed E-state index contributed by atoms with van der Waals surface area (Å²) < 4.78 is 21.9. The summed E-state index contributed by atoms with van der Waals surface area (Å²) >= 11 is 0. The number of carbonyl (C=O) groups excluding carboxylic acids is 1. The third kappa shape index (κ3) is 5.11. The Hall–Kier alpha value is -1.11. The molecule has 20 heavy (non-hydrogen) atoms. The molecule has 0 radical (unpaired) electrons. The number of amides is 1. The molecule has 1 saturated carbocycles. The normalized spacial score (nSPS) is 27.0. The topological polar surface area (TPSA) is 101 Å². The summed E-state index contributed by atoms with van der Waals surface area (Å²) in [5.74, 6) is -0.985. The largest absolute Gasteiger partial charge is 0.481 e. The summed E-state index contributed by atoms with van der Waals surface area (Å²) in [4.78, 5) is 23.1. The van der Waals surface area contributed by atoms with Crippen molar-refractivity contribution in [1.82, 2.24) is 5.32 Å². The van der Waals surface area contributed by atoms with Crippen LogP contribution in [0, 0.1) is 11.3 Å². The molecule has 2 N–H and O–H groups in total. The number of rotatable bonds is 6. The SMILES string of the molecule is CC1CCC(CNC(=O)CCS(C)(=O)=O)(C(=O)O)CC1. The molecule has 0 aromatic carbocycles. The van der Waals surface area contributed by atoms with E-state index in [2.05, 4.69) is 12.2 Å². The Kier molecular flexibility index (Phi) is 5.56. The fourth-order valence-corrected chi connectivity index (χ4v) is 2.97. The highest BCUT2D eigenvalue weighted by Crippen LogP contribution is 2.38. The van der Waals surface area contributed by atoms with Gasteiger partial charge in [0.1, 0.15) is 9.84 Å². The minimum atomic E-state index is -3.18. The highest BCUT2D eigenvalue weighted by Gasteiger charge is 2.41. The number of carboxylic acids is 1. The molecule has 0 unspecified atom stereocenters. The van der Waals surface area contributed by atoms with E-state index in [1.807, 2.05) is 0 Å². The fraction of sp³-hybridized carbons (Fsp3) is 0.846. The minimum Gasteiger partial charge on any atom is -0.481 e. The monoisotopic (exact) mass is 305 g/mol. The second kappa shape index (κ2) is 6.56. The maximum absolute atomic E-state index is 11.6. The van der Waals surface area contributed by atoms with Gasteiger partial charge in [-0.05, 0) is 31.6 Å². The van der Waals surface area contributed by atoms with Crippen molar-refractivity contribution in [2.75, 3.05) is 18.6 Å². The highest BCUT2D eigenvalue weighted by atomic mass is 32.2. The number of carboxylic acid groups (broad SMARTS) is 1. The lowest BCUT2D eigenvalue weighted by Crippen LogP contribution is -2.45. The van der Waals surface area contributed by atoms with E-state index in [0.29, 0.717) is 18.8 Å². The number of hydrogen-bond acceptors (Lipinski definition) is 4. The van der Waals surface area contributed by atoms with Crippen LogP contribution in [0.25, 0.3) is 0 Å². The van der Waals surface area contributed by atoms with E-state index in [9.17, 15) is 23.1 Å². The van der Waals surface area contributed by atoms with Gasteiger partial charge in [0, 0.05) is 19.2 Å². The van der Waals surface area contributed by atoms with Gasteiger partial charge in [0.05, 0.1) is 11.2 Å². The van der Waals surface area contributed by atoms with Crippen molar-refractivity contribution in [3.63, 3.8) is 0 Å². The van der Waals surface area contributed by atoms with E-state index in [0.717, 1.165) is 19.1 Å². The van der Waals surface area contributed by atoms with Crippen LogP contribution in [0.2, 0.25) is 0 Å². The Morgan fingerprint density at radius 3 is 2.30 bits per heavy atom. The fourth-order valence-electron chi connectivity index (χ4n) is 2.42. The van der Waals surface area contributed by atoms with Gasteiger partial charge in [-0.2, -0.15) is 0 Å². The lowest BCUT2D eigenvalue weighted by Gasteiger charge is -2.35. The number of sulfone groups is 1. The van der Waals surface area contributed by atoms with Crippen molar-refractivity contribution in [2.24, 2.45) is 11.3 Å². The van der Waals surface area contributed by atoms with Crippen LogP contribution in [0.1, 0.15) is 39.0 Å². The Morgan fingerprint density at radius 1 is 1.30 bits per heavy atom. The van der Waals surface area contributed by atoms with E-state index < -0.39 is 27.1 Å². The van der Waals surface area contributed by atoms with Crippen LogP contribution < -0.4 is 5.32 Å². The number of nitrogens with one attached hydrogen (secondary N) is 1. The summed E-state index contributed by atoms with van der Waals surface area (Å²) in [5, 5.41) is 12.0. The van der Waals surface area contributed by atoms with Gasteiger partial charge in [-0.15, -0.1) is 0 Å². The first-order valence-corrected chi connectivity index (χ1v) is 8.88. The molecule has 7 heteroatoms. The van der Waals surface area contributed by atoms with Crippen LogP contribution in [0.4, 0.5) is 0 Å². The van der Waals surface area contributed by atoms with Crippen LogP contribution in [0.15, 0.2) is 0 Å². The summed E-state index contributed by atoms with van der Waals surface area (Å²) in [6.07, 6.45) is 3.73. The average molecular weight is 305 g/mol. The third-order valence-corrected chi connectivity index (χ3v) is 4.95. The highest BCUT2D eigenvalue weighted by molar-refractivity contribution is 7.90. The van der Waals surface area contributed by atoms with Crippen LogP contribution >= 0.6 is 0 Å². The molecule has 6 nitrogen and oxygen atoms in total. The van der Waals surface area contributed by atoms with Gasteiger partial charge in [-0.1, -0.05) is 6.92 Å². The number of hydrogen-bond donors (Lipinski definition) is 2. The molecule has 116 valence electrons. The molecule has 0 aliphatic heterocycles. The smallest absolute Gasteiger partial charge is 0.311 e. The zero-order valence-electron chi connectivity index (χ0n) is 12.0. The Labute approximate surface area is 119 Å². The second-order valence-corrected chi connectivity index (χ2v) is 8.18. The molecule has 1 rings (SSSR count). The van der Waals surface area contributed by atoms with Crippen molar-refractivity contribution >= 4 is 21.7 Å². The summed E-state index contributed by atoms with van der Waals surface area (Å²) in [5.41, 5.74) is -0.896. The first kappa shape index (κ1) is 16.9. The molecule has 1 fully saturated rings. The van der Waals surface area contributed by atoms with Crippen LogP contribution in [0.3, 0.4) is 0 Å². The Morgan fingerprint density at radius 2 is 1.85 bits per heavy atom. The third-order valence-electron chi connectivity index (χ3n) is 4.01. The molecule has 1 aliphatic rings. The van der Waals surface area contributed by atoms with Crippen LogP contribution in [-0.2, 0) is 19.4 Å². The summed E-state index contributed by atoms with van der Waals surface area (Å²) in [7, 11) is -3.18. The predicted molar refractivity (Wildman–Crippen MR) is 75.0 cm³/mol. The summed E-state index contributed by atoms with van der Waals surface area (Å²) in [6.45, 7) is 2.17. The molecule has 1 amide bonds. The predicted octanol–water partition coefficient (Wildman–Crippen LogP) is 0.818.